The van der Waals surface area contributed by atoms with Gasteiger partial charge in [-0.25, -0.2) is 9.48 Å². The lowest BCUT2D eigenvalue weighted by Gasteiger charge is -2.22. The van der Waals surface area contributed by atoms with Gasteiger partial charge in [-0.2, -0.15) is 0 Å². The molecule has 1 aliphatic carbocycles. The lowest BCUT2D eigenvalue weighted by atomic mass is 10.1. The molecule has 1 saturated carbocycles. The highest BCUT2D eigenvalue weighted by atomic mass is 16.5. The van der Waals surface area contributed by atoms with Crippen molar-refractivity contribution >= 4 is 5.97 Å². The lowest BCUT2D eigenvalue weighted by Crippen LogP contribution is -2.25. The Labute approximate surface area is 112 Å². The van der Waals surface area contributed by atoms with Gasteiger partial charge in [0.1, 0.15) is 0 Å². The van der Waals surface area contributed by atoms with Crippen LogP contribution in [0.25, 0.3) is 0 Å². The third-order valence-corrected chi connectivity index (χ3v) is 3.76. The molecule has 0 amide bonds. The van der Waals surface area contributed by atoms with E-state index in [9.17, 15) is 9.90 Å². The number of hydrogen-bond donors (Lipinski definition) is 1. The number of aliphatic hydroxyl groups excluding tert-OH is 1. The Bertz CT molecular complexity index is 444. The van der Waals surface area contributed by atoms with Gasteiger partial charge in [0.15, 0.2) is 5.69 Å². The molecule has 1 aromatic heterocycles. The zero-order valence-corrected chi connectivity index (χ0v) is 11.5. The van der Waals surface area contributed by atoms with Crippen LogP contribution in [0.3, 0.4) is 0 Å². The molecule has 19 heavy (non-hydrogen) atoms. The van der Waals surface area contributed by atoms with Gasteiger partial charge < -0.3 is 9.84 Å². The van der Waals surface area contributed by atoms with E-state index in [0.717, 1.165) is 37.8 Å². The first kappa shape index (κ1) is 14.0. The van der Waals surface area contributed by atoms with E-state index in [0.29, 0.717) is 6.42 Å². The number of carbonyl (C=O) groups is 1. The van der Waals surface area contributed by atoms with Gasteiger partial charge in [-0.3, -0.25) is 0 Å². The van der Waals surface area contributed by atoms with Crippen molar-refractivity contribution in [1.29, 1.82) is 0 Å². The van der Waals surface area contributed by atoms with Crippen molar-refractivity contribution < 1.29 is 14.6 Å². The molecule has 106 valence electrons. The number of aromatic nitrogens is 3. The highest BCUT2D eigenvalue weighted by molar-refractivity contribution is 5.88. The van der Waals surface area contributed by atoms with Gasteiger partial charge in [0, 0.05) is 0 Å². The smallest absolute Gasteiger partial charge is 0.360 e. The first-order valence-electron chi connectivity index (χ1n) is 6.89. The van der Waals surface area contributed by atoms with Gasteiger partial charge in [-0.1, -0.05) is 31.4 Å². The number of hydrogen-bond acceptors (Lipinski definition) is 5. The Balaban J connectivity index is 2.33. The van der Waals surface area contributed by atoms with Gasteiger partial charge in [-0.15, -0.1) is 5.10 Å². The molecule has 2 rings (SSSR count). The largest absolute Gasteiger partial charge is 0.464 e. The minimum Gasteiger partial charge on any atom is -0.464 e. The highest BCUT2D eigenvalue weighted by Gasteiger charge is 2.29. The number of aliphatic hydroxyl groups is 1. The van der Waals surface area contributed by atoms with Crippen molar-refractivity contribution in [3.05, 3.63) is 11.4 Å². The van der Waals surface area contributed by atoms with Crippen LogP contribution in [0.4, 0.5) is 0 Å². The summed E-state index contributed by atoms with van der Waals surface area (Å²) in [6, 6.07) is -0.0802. The normalized spacial score (nSPS) is 23.9. The van der Waals surface area contributed by atoms with E-state index in [1.807, 2.05) is 6.92 Å². The Morgan fingerprint density at radius 1 is 1.42 bits per heavy atom. The number of ether oxygens (including phenoxy) is 1. The summed E-state index contributed by atoms with van der Waals surface area (Å²) in [5.41, 5.74) is 1.01. The summed E-state index contributed by atoms with van der Waals surface area (Å²) in [5, 5.41) is 18.2. The zero-order valence-electron chi connectivity index (χ0n) is 11.5. The van der Waals surface area contributed by atoms with E-state index < -0.39 is 12.1 Å². The molecule has 2 unspecified atom stereocenters. The average Bonchev–Trinajstić information content (AvgIpc) is 2.73. The second kappa shape index (κ2) is 6.14. The van der Waals surface area contributed by atoms with E-state index in [1.54, 1.807) is 4.68 Å². The van der Waals surface area contributed by atoms with Crippen LogP contribution in [0.5, 0.6) is 0 Å². The number of carbonyl (C=O) groups excluding carboxylic acids is 1. The summed E-state index contributed by atoms with van der Waals surface area (Å²) in [6.07, 6.45) is 5.11. The Morgan fingerprint density at radius 3 is 2.84 bits per heavy atom. The van der Waals surface area contributed by atoms with Crippen LogP contribution in [-0.4, -0.2) is 39.3 Å². The molecule has 0 aliphatic heterocycles. The van der Waals surface area contributed by atoms with Crippen molar-refractivity contribution in [3.63, 3.8) is 0 Å². The summed E-state index contributed by atoms with van der Waals surface area (Å²) in [7, 11) is 1.33. The second-order valence-corrected chi connectivity index (χ2v) is 4.95. The van der Waals surface area contributed by atoms with Gasteiger partial charge in [0.2, 0.25) is 0 Å². The fourth-order valence-electron chi connectivity index (χ4n) is 2.72. The first-order chi connectivity index (χ1) is 9.19. The predicted octanol–water partition coefficient (Wildman–Crippen LogP) is 1.49. The SMILES string of the molecule is CCc1c(C(=O)OC)nnn1C1CCCCCC1O. The summed E-state index contributed by atoms with van der Waals surface area (Å²) in [6.45, 7) is 1.95. The Kier molecular flexibility index (Phi) is 4.52. The Morgan fingerprint density at radius 2 is 2.16 bits per heavy atom. The molecule has 1 fully saturated rings. The quantitative estimate of drug-likeness (QED) is 0.663. The molecular formula is C13H21N3O3. The average molecular weight is 267 g/mol. The Hall–Kier alpha value is -1.43. The monoisotopic (exact) mass is 267 g/mol. The first-order valence-corrected chi connectivity index (χ1v) is 6.89. The predicted molar refractivity (Wildman–Crippen MR) is 68.9 cm³/mol. The maximum absolute atomic E-state index is 11.6. The van der Waals surface area contributed by atoms with Gasteiger partial charge in [0.25, 0.3) is 0 Å². The van der Waals surface area contributed by atoms with Crippen LogP contribution in [0.2, 0.25) is 0 Å². The molecule has 0 spiro atoms. The van der Waals surface area contributed by atoms with E-state index in [2.05, 4.69) is 10.3 Å². The van der Waals surface area contributed by atoms with E-state index >= 15 is 0 Å². The third-order valence-electron chi connectivity index (χ3n) is 3.76. The molecule has 1 aromatic rings. The number of methoxy groups -OCH3 is 1. The number of esters is 1. The second-order valence-electron chi connectivity index (χ2n) is 4.95. The lowest BCUT2D eigenvalue weighted by molar-refractivity contribution is 0.0591. The minimum absolute atomic E-state index is 0.0802. The molecule has 6 heteroatoms. The molecule has 0 bridgehead atoms. The molecule has 1 aliphatic rings. The van der Waals surface area contributed by atoms with Crippen molar-refractivity contribution in [2.75, 3.05) is 7.11 Å². The summed E-state index contributed by atoms with van der Waals surface area (Å²) >= 11 is 0. The van der Waals surface area contributed by atoms with Gasteiger partial charge >= 0.3 is 5.97 Å². The highest BCUT2D eigenvalue weighted by Crippen LogP contribution is 2.28. The minimum atomic E-state index is -0.466. The molecule has 1 N–H and O–H groups in total. The maximum atomic E-state index is 11.6. The van der Waals surface area contributed by atoms with Crippen molar-refractivity contribution in [3.8, 4) is 0 Å². The maximum Gasteiger partial charge on any atom is 0.360 e. The van der Waals surface area contributed by atoms with Crippen LogP contribution >= 0.6 is 0 Å². The van der Waals surface area contributed by atoms with Gasteiger partial charge in [0.05, 0.1) is 24.9 Å². The molecule has 2 atom stereocenters. The van der Waals surface area contributed by atoms with Crippen molar-refractivity contribution in [1.82, 2.24) is 15.0 Å². The zero-order chi connectivity index (χ0) is 13.8. The number of rotatable bonds is 3. The van der Waals surface area contributed by atoms with Crippen LogP contribution in [0.15, 0.2) is 0 Å². The van der Waals surface area contributed by atoms with Crippen LogP contribution in [0, 0.1) is 0 Å². The standard InChI is InChI=1S/C13H21N3O3/c1-3-9-12(13(18)19-2)14-15-16(9)10-7-5-4-6-8-11(10)17/h10-11,17H,3-8H2,1-2H3. The molecule has 6 nitrogen and oxygen atoms in total. The fourth-order valence-corrected chi connectivity index (χ4v) is 2.72. The summed E-state index contributed by atoms with van der Waals surface area (Å²) in [4.78, 5) is 11.6. The van der Waals surface area contributed by atoms with Crippen molar-refractivity contribution in [2.24, 2.45) is 0 Å². The molecule has 0 radical (unpaired) electrons. The van der Waals surface area contributed by atoms with E-state index in [1.165, 1.54) is 7.11 Å². The third kappa shape index (κ3) is 2.78. The van der Waals surface area contributed by atoms with Crippen LogP contribution in [0.1, 0.15) is 61.3 Å². The molecule has 0 aromatic carbocycles. The molecule has 0 saturated heterocycles. The summed E-state index contributed by atoms with van der Waals surface area (Å²) < 4.78 is 6.44. The van der Waals surface area contributed by atoms with Crippen molar-refractivity contribution in [2.45, 2.75) is 57.6 Å². The van der Waals surface area contributed by atoms with E-state index in [-0.39, 0.29) is 11.7 Å². The van der Waals surface area contributed by atoms with Crippen LogP contribution < -0.4 is 0 Å². The van der Waals surface area contributed by atoms with E-state index in [4.69, 9.17) is 4.74 Å². The number of nitrogens with zero attached hydrogens (tertiary/aromatic N) is 3. The molecule has 1 heterocycles. The molecular weight excluding hydrogens is 246 g/mol. The topological polar surface area (TPSA) is 77.2 Å². The fraction of sp³-hybridized carbons (Fsp3) is 0.769. The summed E-state index contributed by atoms with van der Waals surface area (Å²) in [5.74, 6) is -0.466. The van der Waals surface area contributed by atoms with Crippen LogP contribution in [-0.2, 0) is 11.2 Å². The van der Waals surface area contributed by atoms with Gasteiger partial charge in [-0.05, 0) is 19.3 Å².